The molecule has 6 nitrogen and oxygen atoms in total. The van der Waals surface area contributed by atoms with Gasteiger partial charge in [0.05, 0.1) is 11.3 Å². The number of anilines is 1. The molecule has 26 heavy (non-hydrogen) atoms. The number of carboxylic acids is 1. The van der Waals surface area contributed by atoms with Gasteiger partial charge in [0.2, 0.25) is 0 Å². The molecule has 130 valence electrons. The predicted octanol–water partition coefficient (Wildman–Crippen LogP) is 2.36. The number of para-hydroxylation sites is 1. The molecule has 0 saturated carbocycles. The van der Waals surface area contributed by atoms with Gasteiger partial charge in [-0.15, -0.1) is 0 Å². The standard InChI is InChI=1S/C18H11FN2O4S/c19-13-3-1-2-4-14(13)21-16(23)12(15(22)20-18(21)26)9-10-5-7-11(8-6-10)17(24)25/h1-9H,(H,24,25)(H,20,22,26)/b12-9+. The molecule has 1 saturated heterocycles. The molecule has 0 bridgehead atoms. The number of thiocarbonyl (C=S) groups is 1. The third-order valence-electron chi connectivity index (χ3n) is 3.66. The van der Waals surface area contributed by atoms with E-state index in [2.05, 4.69) is 5.32 Å². The third-order valence-corrected chi connectivity index (χ3v) is 3.95. The fourth-order valence-corrected chi connectivity index (χ4v) is 2.67. The molecular weight excluding hydrogens is 359 g/mol. The van der Waals surface area contributed by atoms with Crippen LogP contribution in [0.5, 0.6) is 0 Å². The highest BCUT2D eigenvalue weighted by atomic mass is 32.1. The second kappa shape index (κ2) is 6.85. The van der Waals surface area contributed by atoms with E-state index >= 15 is 0 Å². The highest BCUT2D eigenvalue weighted by molar-refractivity contribution is 7.80. The minimum Gasteiger partial charge on any atom is -0.478 e. The molecule has 1 aliphatic rings. The molecule has 1 aliphatic heterocycles. The van der Waals surface area contributed by atoms with Crippen molar-refractivity contribution in [1.29, 1.82) is 0 Å². The van der Waals surface area contributed by atoms with E-state index in [4.69, 9.17) is 17.3 Å². The Labute approximate surface area is 152 Å². The number of rotatable bonds is 3. The van der Waals surface area contributed by atoms with Crippen LogP contribution in [0.2, 0.25) is 0 Å². The van der Waals surface area contributed by atoms with Crippen LogP contribution in [-0.4, -0.2) is 28.0 Å². The molecule has 0 aromatic heterocycles. The minimum atomic E-state index is -1.09. The highest BCUT2D eigenvalue weighted by Crippen LogP contribution is 2.24. The molecule has 2 amide bonds. The zero-order chi connectivity index (χ0) is 18.8. The first kappa shape index (κ1) is 17.4. The Bertz CT molecular complexity index is 969. The average Bonchev–Trinajstić information content (AvgIpc) is 2.60. The molecular formula is C18H11FN2O4S. The monoisotopic (exact) mass is 370 g/mol. The molecule has 2 aromatic rings. The van der Waals surface area contributed by atoms with Gasteiger partial charge in [0.1, 0.15) is 11.4 Å². The summed E-state index contributed by atoms with van der Waals surface area (Å²) in [6.07, 6.45) is 1.29. The van der Waals surface area contributed by atoms with E-state index in [0.717, 1.165) is 4.90 Å². The first-order chi connectivity index (χ1) is 12.4. The number of carboxylic acid groups (broad SMARTS) is 1. The van der Waals surface area contributed by atoms with Crippen LogP contribution in [0.25, 0.3) is 6.08 Å². The van der Waals surface area contributed by atoms with Crippen molar-refractivity contribution in [2.24, 2.45) is 0 Å². The van der Waals surface area contributed by atoms with E-state index in [0.29, 0.717) is 5.56 Å². The zero-order valence-electron chi connectivity index (χ0n) is 13.1. The summed E-state index contributed by atoms with van der Waals surface area (Å²) >= 11 is 5.00. The molecule has 2 N–H and O–H groups in total. The maximum Gasteiger partial charge on any atom is 0.335 e. The Morgan fingerprint density at radius 1 is 1.12 bits per heavy atom. The number of amides is 2. The van der Waals surface area contributed by atoms with Gasteiger partial charge in [-0.1, -0.05) is 24.3 Å². The SMILES string of the molecule is O=C1NC(=S)N(c2ccccc2F)C(=O)/C1=C/c1ccc(C(=O)O)cc1. The van der Waals surface area contributed by atoms with Crippen molar-refractivity contribution in [2.45, 2.75) is 0 Å². The second-order valence-electron chi connectivity index (χ2n) is 5.34. The van der Waals surface area contributed by atoms with Gasteiger partial charge >= 0.3 is 5.97 Å². The number of hydrogen-bond donors (Lipinski definition) is 2. The summed E-state index contributed by atoms with van der Waals surface area (Å²) in [4.78, 5) is 36.7. The molecule has 1 fully saturated rings. The van der Waals surface area contributed by atoms with Gasteiger partial charge < -0.3 is 5.11 Å². The maximum absolute atomic E-state index is 14.1. The highest BCUT2D eigenvalue weighted by Gasteiger charge is 2.35. The van der Waals surface area contributed by atoms with Crippen molar-refractivity contribution < 1.29 is 23.9 Å². The van der Waals surface area contributed by atoms with E-state index in [1.807, 2.05) is 0 Å². The first-order valence-corrected chi connectivity index (χ1v) is 7.78. The van der Waals surface area contributed by atoms with Crippen molar-refractivity contribution >= 4 is 46.9 Å². The van der Waals surface area contributed by atoms with Crippen molar-refractivity contribution in [3.05, 3.63) is 71.0 Å². The van der Waals surface area contributed by atoms with Crippen molar-refractivity contribution in [1.82, 2.24) is 5.32 Å². The van der Waals surface area contributed by atoms with Crippen LogP contribution >= 0.6 is 12.2 Å². The van der Waals surface area contributed by atoms with Gasteiger partial charge in [0, 0.05) is 0 Å². The van der Waals surface area contributed by atoms with E-state index in [-0.39, 0.29) is 21.9 Å². The van der Waals surface area contributed by atoms with Crippen LogP contribution in [0, 0.1) is 5.82 Å². The number of benzene rings is 2. The Morgan fingerprint density at radius 2 is 1.77 bits per heavy atom. The summed E-state index contributed by atoms with van der Waals surface area (Å²) in [7, 11) is 0. The summed E-state index contributed by atoms with van der Waals surface area (Å²) in [5, 5.41) is 11.0. The number of hydrogen-bond acceptors (Lipinski definition) is 4. The van der Waals surface area contributed by atoms with Crippen molar-refractivity contribution in [3.63, 3.8) is 0 Å². The fraction of sp³-hybridized carbons (Fsp3) is 0. The van der Waals surface area contributed by atoms with Crippen LogP contribution in [-0.2, 0) is 9.59 Å². The van der Waals surface area contributed by atoms with Crippen LogP contribution < -0.4 is 10.2 Å². The molecule has 3 rings (SSSR count). The topological polar surface area (TPSA) is 86.7 Å². The van der Waals surface area contributed by atoms with Crippen molar-refractivity contribution in [2.75, 3.05) is 4.90 Å². The van der Waals surface area contributed by atoms with E-state index in [1.165, 1.54) is 48.5 Å². The molecule has 0 spiro atoms. The smallest absolute Gasteiger partial charge is 0.335 e. The molecule has 2 aromatic carbocycles. The minimum absolute atomic E-state index is 0.0701. The quantitative estimate of drug-likeness (QED) is 0.492. The second-order valence-corrected chi connectivity index (χ2v) is 5.72. The summed E-state index contributed by atoms with van der Waals surface area (Å²) in [5.41, 5.74) is 0.190. The van der Waals surface area contributed by atoms with Crippen LogP contribution in [0.4, 0.5) is 10.1 Å². The normalized spacial score (nSPS) is 16.0. The largest absolute Gasteiger partial charge is 0.478 e. The van der Waals surface area contributed by atoms with Gasteiger partial charge in [0.15, 0.2) is 5.11 Å². The Balaban J connectivity index is 2.00. The summed E-state index contributed by atoms with van der Waals surface area (Å²) < 4.78 is 14.1. The summed E-state index contributed by atoms with van der Waals surface area (Å²) in [6.45, 7) is 0. The number of nitrogens with one attached hydrogen (secondary N) is 1. The van der Waals surface area contributed by atoms with E-state index in [1.54, 1.807) is 6.07 Å². The number of halogens is 1. The number of nitrogens with zero attached hydrogens (tertiary/aromatic N) is 1. The lowest BCUT2D eigenvalue weighted by Crippen LogP contribution is -2.54. The average molecular weight is 370 g/mol. The van der Waals surface area contributed by atoms with Crippen LogP contribution in [0.15, 0.2) is 54.1 Å². The van der Waals surface area contributed by atoms with Gasteiger partial charge in [-0.25, -0.2) is 14.1 Å². The number of carbonyl (C=O) groups excluding carboxylic acids is 2. The van der Waals surface area contributed by atoms with Gasteiger partial charge in [0.25, 0.3) is 11.8 Å². The van der Waals surface area contributed by atoms with E-state index in [9.17, 15) is 18.8 Å². The first-order valence-electron chi connectivity index (χ1n) is 7.38. The maximum atomic E-state index is 14.1. The number of carbonyl (C=O) groups is 3. The van der Waals surface area contributed by atoms with Gasteiger partial charge in [-0.05, 0) is 48.1 Å². The van der Waals surface area contributed by atoms with Crippen LogP contribution in [0.1, 0.15) is 15.9 Å². The number of aromatic carboxylic acids is 1. The van der Waals surface area contributed by atoms with Crippen LogP contribution in [0.3, 0.4) is 0 Å². The Kier molecular flexibility index (Phi) is 4.59. The lowest BCUT2D eigenvalue weighted by Gasteiger charge is -2.29. The van der Waals surface area contributed by atoms with Crippen molar-refractivity contribution in [3.8, 4) is 0 Å². The molecule has 0 unspecified atom stereocenters. The van der Waals surface area contributed by atoms with Gasteiger partial charge in [-0.2, -0.15) is 0 Å². The molecule has 0 aliphatic carbocycles. The lowest BCUT2D eigenvalue weighted by atomic mass is 10.1. The van der Waals surface area contributed by atoms with E-state index < -0.39 is 23.6 Å². The zero-order valence-corrected chi connectivity index (χ0v) is 13.9. The summed E-state index contributed by atoms with van der Waals surface area (Å²) in [6, 6.07) is 11.2. The molecule has 8 heteroatoms. The lowest BCUT2D eigenvalue weighted by molar-refractivity contribution is -0.122. The Hall–Kier alpha value is -3.39. The molecule has 0 radical (unpaired) electrons. The molecule has 1 heterocycles. The third kappa shape index (κ3) is 3.22. The van der Waals surface area contributed by atoms with Gasteiger partial charge in [-0.3, -0.25) is 14.9 Å². The summed E-state index contributed by atoms with van der Waals surface area (Å²) in [5.74, 6) is -3.24. The Morgan fingerprint density at radius 3 is 2.38 bits per heavy atom. The molecule has 0 atom stereocenters. The fourth-order valence-electron chi connectivity index (χ4n) is 2.40. The predicted molar refractivity (Wildman–Crippen MR) is 96.0 cm³/mol.